The van der Waals surface area contributed by atoms with Gasteiger partial charge in [0.25, 0.3) is 0 Å². The number of carbonyl (C=O) groups is 4. The van der Waals surface area contributed by atoms with Crippen molar-refractivity contribution in [3.63, 3.8) is 0 Å². The quantitative estimate of drug-likeness (QED) is 0.0505. The first-order valence-corrected chi connectivity index (χ1v) is 12.7. The van der Waals surface area contributed by atoms with E-state index in [1.54, 1.807) is 20.8 Å². The molecular formula is C23H46N10O5. The Morgan fingerprint density at radius 3 is 1.66 bits per heavy atom. The second-order valence-electron chi connectivity index (χ2n) is 9.50. The SMILES string of the molecule is CCC(C)C(NC(=O)C(N)C(C)C)C(=O)NC(CCCN=C(N)N)C(=O)NC(CCCN=C(N)N)C(=O)O. The number of hydrogen-bond donors (Lipinski definition) is 9. The van der Waals surface area contributed by atoms with E-state index in [1.807, 2.05) is 6.92 Å². The van der Waals surface area contributed by atoms with Crippen LogP contribution in [0.5, 0.6) is 0 Å². The van der Waals surface area contributed by atoms with Crippen LogP contribution >= 0.6 is 0 Å². The van der Waals surface area contributed by atoms with Crippen molar-refractivity contribution in [2.24, 2.45) is 50.5 Å². The topological polar surface area (TPSA) is 279 Å². The van der Waals surface area contributed by atoms with Gasteiger partial charge in [0.15, 0.2) is 11.9 Å². The fourth-order valence-electron chi connectivity index (χ4n) is 3.32. The predicted molar refractivity (Wildman–Crippen MR) is 146 cm³/mol. The highest BCUT2D eigenvalue weighted by Crippen LogP contribution is 2.11. The van der Waals surface area contributed by atoms with Gasteiger partial charge in [-0.25, -0.2) is 4.79 Å². The third-order valence-electron chi connectivity index (χ3n) is 5.95. The number of carboxylic acids is 1. The molecular weight excluding hydrogens is 496 g/mol. The first-order chi connectivity index (χ1) is 17.7. The zero-order chi connectivity index (χ0) is 29.4. The molecule has 0 aliphatic carbocycles. The van der Waals surface area contributed by atoms with Crippen molar-refractivity contribution < 1.29 is 24.3 Å². The number of nitrogens with zero attached hydrogens (tertiary/aromatic N) is 2. The maximum Gasteiger partial charge on any atom is 0.326 e. The maximum atomic E-state index is 13.3. The standard InChI is InChI=1S/C23H46N10O5/c1-5-13(4)17(33-19(35)16(24)12(2)3)20(36)31-14(8-6-10-29-22(25)26)18(34)32-15(21(37)38)9-7-11-30-23(27)28/h12-17H,5-11,24H2,1-4H3,(H,31,36)(H,32,34)(H,33,35)(H,37,38)(H4,25,26,29)(H4,27,28,30). The lowest BCUT2D eigenvalue weighted by atomic mass is 9.96. The Morgan fingerprint density at radius 2 is 1.24 bits per heavy atom. The van der Waals surface area contributed by atoms with Gasteiger partial charge in [0.1, 0.15) is 18.1 Å². The van der Waals surface area contributed by atoms with Gasteiger partial charge in [-0.05, 0) is 37.5 Å². The third kappa shape index (κ3) is 13.6. The van der Waals surface area contributed by atoms with Crippen LogP contribution in [-0.2, 0) is 19.2 Å². The molecule has 0 aromatic heterocycles. The molecule has 0 radical (unpaired) electrons. The number of amides is 3. The number of rotatable bonds is 18. The molecule has 5 unspecified atom stereocenters. The van der Waals surface area contributed by atoms with Crippen molar-refractivity contribution in [2.45, 2.75) is 84.0 Å². The Bertz CT molecular complexity index is 840. The van der Waals surface area contributed by atoms with E-state index in [9.17, 15) is 24.3 Å². The first kappa shape index (κ1) is 34.4. The van der Waals surface area contributed by atoms with Crippen molar-refractivity contribution >= 4 is 35.6 Å². The highest BCUT2D eigenvalue weighted by atomic mass is 16.4. The van der Waals surface area contributed by atoms with Crippen LogP contribution in [0.2, 0.25) is 0 Å². The lowest BCUT2D eigenvalue weighted by Crippen LogP contribution is -2.59. The van der Waals surface area contributed by atoms with Crippen LogP contribution in [0.25, 0.3) is 0 Å². The van der Waals surface area contributed by atoms with Crippen LogP contribution in [0.3, 0.4) is 0 Å². The number of guanidine groups is 2. The Kier molecular flexibility index (Phi) is 16.1. The molecule has 0 heterocycles. The monoisotopic (exact) mass is 542 g/mol. The van der Waals surface area contributed by atoms with Crippen molar-refractivity contribution in [1.82, 2.24) is 16.0 Å². The van der Waals surface area contributed by atoms with Gasteiger partial charge in [-0.1, -0.05) is 34.1 Å². The van der Waals surface area contributed by atoms with Crippen LogP contribution in [0, 0.1) is 11.8 Å². The number of nitrogens with one attached hydrogen (secondary N) is 3. The van der Waals surface area contributed by atoms with E-state index >= 15 is 0 Å². The second kappa shape index (κ2) is 17.8. The summed E-state index contributed by atoms with van der Waals surface area (Å²) in [5, 5.41) is 17.4. The van der Waals surface area contributed by atoms with Crippen molar-refractivity contribution in [3.05, 3.63) is 0 Å². The largest absolute Gasteiger partial charge is 0.480 e. The number of nitrogens with two attached hydrogens (primary N) is 5. The molecule has 0 aromatic rings. The fourth-order valence-corrected chi connectivity index (χ4v) is 3.32. The molecule has 3 amide bonds. The van der Waals surface area contributed by atoms with Gasteiger partial charge in [-0.15, -0.1) is 0 Å². The zero-order valence-corrected chi connectivity index (χ0v) is 22.8. The Balaban J connectivity index is 5.68. The summed E-state index contributed by atoms with van der Waals surface area (Å²) in [4.78, 5) is 58.3. The molecule has 0 saturated heterocycles. The van der Waals surface area contributed by atoms with E-state index in [4.69, 9.17) is 28.7 Å². The maximum absolute atomic E-state index is 13.3. The minimum Gasteiger partial charge on any atom is -0.480 e. The minimum absolute atomic E-state index is 0.0607. The van der Waals surface area contributed by atoms with Gasteiger partial charge in [0, 0.05) is 13.1 Å². The lowest BCUT2D eigenvalue weighted by molar-refractivity contribution is -0.142. The smallest absolute Gasteiger partial charge is 0.326 e. The summed E-state index contributed by atoms with van der Waals surface area (Å²) < 4.78 is 0. The number of carbonyl (C=O) groups excluding carboxylic acids is 3. The first-order valence-electron chi connectivity index (χ1n) is 12.7. The number of carboxylic acid groups (broad SMARTS) is 1. The molecule has 15 nitrogen and oxygen atoms in total. The number of aliphatic carboxylic acids is 1. The Hall–Kier alpha value is -3.62. The summed E-state index contributed by atoms with van der Waals surface area (Å²) in [6.07, 6.45) is 1.35. The summed E-state index contributed by atoms with van der Waals surface area (Å²) in [5.74, 6) is -3.70. The van der Waals surface area contributed by atoms with Crippen LogP contribution in [0.1, 0.15) is 59.8 Å². The van der Waals surface area contributed by atoms with Gasteiger partial charge in [0.2, 0.25) is 17.7 Å². The van der Waals surface area contributed by atoms with Crippen molar-refractivity contribution in [1.29, 1.82) is 0 Å². The molecule has 0 fully saturated rings. The van der Waals surface area contributed by atoms with Crippen LogP contribution in [0.15, 0.2) is 9.98 Å². The highest BCUT2D eigenvalue weighted by molar-refractivity contribution is 5.94. The molecule has 0 aromatic carbocycles. The molecule has 0 saturated carbocycles. The van der Waals surface area contributed by atoms with Crippen LogP contribution in [0.4, 0.5) is 0 Å². The fraction of sp³-hybridized carbons (Fsp3) is 0.739. The molecule has 14 N–H and O–H groups in total. The number of hydrogen-bond acceptors (Lipinski definition) is 7. The van der Waals surface area contributed by atoms with Gasteiger partial charge >= 0.3 is 5.97 Å². The Morgan fingerprint density at radius 1 is 0.763 bits per heavy atom. The summed E-state index contributed by atoms with van der Waals surface area (Å²) in [7, 11) is 0. The summed E-state index contributed by atoms with van der Waals surface area (Å²) in [5.41, 5.74) is 27.2. The predicted octanol–water partition coefficient (Wildman–Crippen LogP) is -2.34. The molecule has 5 atom stereocenters. The van der Waals surface area contributed by atoms with Gasteiger partial charge < -0.3 is 49.7 Å². The van der Waals surface area contributed by atoms with E-state index in [1.165, 1.54) is 0 Å². The molecule has 0 bridgehead atoms. The van der Waals surface area contributed by atoms with E-state index in [0.717, 1.165) is 0 Å². The average Bonchev–Trinajstić information content (AvgIpc) is 2.84. The molecule has 15 heteroatoms. The lowest BCUT2D eigenvalue weighted by Gasteiger charge is -2.28. The normalized spacial score (nSPS) is 14.8. The van der Waals surface area contributed by atoms with Crippen molar-refractivity contribution in [3.8, 4) is 0 Å². The second-order valence-corrected chi connectivity index (χ2v) is 9.50. The Labute approximate surface area is 223 Å². The van der Waals surface area contributed by atoms with Gasteiger partial charge in [0.05, 0.1) is 6.04 Å². The van der Waals surface area contributed by atoms with Crippen LogP contribution < -0.4 is 44.6 Å². The van der Waals surface area contributed by atoms with E-state index in [2.05, 4.69) is 25.9 Å². The number of aliphatic imine (C=N–C) groups is 2. The molecule has 0 spiro atoms. The van der Waals surface area contributed by atoms with Crippen molar-refractivity contribution in [2.75, 3.05) is 13.1 Å². The molecule has 218 valence electrons. The van der Waals surface area contributed by atoms with E-state index in [-0.39, 0.29) is 49.7 Å². The average molecular weight is 543 g/mol. The minimum atomic E-state index is -1.25. The third-order valence-corrected chi connectivity index (χ3v) is 5.95. The molecule has 38 heavy (non-hydrogen) atoms. The van der Waals surface area contributed by atoms with E-state index < -0.39 is 47.9 Å². The molecule has 0 aliphatic heterocycles. The van der Waals surface area contributed by atoms with Gasteiger partial charge in [-0.2, -0.15) is 0 Å². The van der Waals surface area contributed by atoms with Gasteiger partial charge in [-0.3, -0.25) is 24.4 Å². The zero-order valence-electron chi connectivity index (χ0n) is 22.8. The summed E-state index contributed by atoms with van der Waals surface area (Å²) >= 11 is 0. The van der Waals surface area contributed by atoms with E-state index in [0.29, 0.717) is 19.3 Å². The highest BCUT2D eigenvalue weighted by Gasteiger charge is 2.32. The van der Waals surface area contributed by atoms with Crippen LogP contribution in [-0.4, -0.2) is 78.0 Å². The summed E-state index contributed by atoms with van der Waals surface area (Å²) in [6.45, 7) is 7.60. The molecule has 0 aliphatic rings. The summed E-state index contributed by atoms with van der Waals surface area (Å²) in [6, 6.07) is -4.12. The molecule has 0 rings (SSSR count).